The van der Waals surface area contributed by atoms with Crippen LogP contribution in [-0.4, -0.2) is 31.8 Å². The van der Waals surface area contributed by atoms with Crippen LogP contribution in [0.15, 0.2) is 55.4 Å². The number of rotatable bonds is 5. The highest BCUT2D eigenvalue weighted by atomic mass is 79.9. The van der Waals surface area contributed by atoms with Crippen molar-refractivity contribution >= 4 is 55.3 Å². The van der Waals surface area contributed by atoms with Gasteiger partial charge in [-0.3, -0.25) is 9.78 Å². The van der Waals surface area contributed by atoms with Crippen LogP contribution in [0.1, 0.15) is 0 Å². The van der Waals surface area contributed by atoms with Gasteiger partial charge >= 0.3 is 0 Å². The van der Waals surface area contributed by atoms with Crippen molar-refractivity contribution < 1.29 is 9.21 Å². The number of amides is 1. The molecule has 0 aliphatic rings. The van der Waals surface area contributed by atoms with Gasteiger partial charge in [0.1, 0.15) is 5.82 Å². The maximum atomic E-state index is 12.0. The van der Waals surface area contributed by atoms with Gasteiger partial charge in [-0.2, -0.15) is 0 Å². The van der Waals surface area contributed by atoms with E-state index in [0.717, 1.165) is 21.8 Å². The van der Waals surface area contributed by atoms with Gasteiger partial charge in [-0.25, -0.2) is 4.98 Å². The number of hydrogen-bond donors (Lipinski definition) is 1. The molecule has 1 N–H and O–H groups in total. The second-order valence-corrected chi connectivity index (χ2v) is 7.13. The number of nitrogens with zero attached hydrogens (tertiary/aromatic N) is 4. The minimum atomic E-state index is -0.223. The summed E-state index contributed by atoms with van der Waals surface area (Å²) in [7, 11) is 0. The van der Waals surface area contributed by atoms with Crippen molar-refractivity contribution in [3.63, 3.8) is 0 Å². The molecular weight excluding hydrogens is 462 g/mol. The van der Waals surface area contributed by atoms with Crippen LogP contribution in [0.5, 0.6) is 0 Å². The Morgan fingerprint density at radius 1 is 1.25 bits per heavy atom. The molecule has 122 valence electrons. The summed E-state index contributed by atoms with van der Waals surface area (Å²) in [5.74, 6) is 0.742. The summed E-state index contributed by atoms with van der Waals surface area (Å²) in [6.07, 6.45) is 4.89. The van der Waals surface area contributed by atoms with Gasteiger partial charge in [0.2, 0.25) is 11.8 Å². The molecule has 3 rings (SSSR count). The van der Waals surface area contributed by atoms with Gasteiger partial charge in [-0.05, 0) is 50.1 Å². The van der Waals surface area contributed by atoms with Crippen molar-refractivity contribution in [1.82, 2.24) is 20.2 Å². The Morgan fingerprint density at radius 2 is 2.04 bits per heavy atom. The lowest BCUT2D eigenvalue weighted by molar-refractivity contribution is -0.113. The van der Waals surface area contributed by atoms with E-state index in [1.165, 1.54) is 0 Å². The van der Waals surface area contributed by atoms with Gasteiger partial charge in [-0.1, -0.05) is 11.8 Å². The molecule has 3 heterocycles. The Kier molecular flexibility index (Phi) is 5.59. The van der Waals surface area contributed by atoms with Crippen LogP contribution in [0.3, 0.4) is 0 Å². The molecule has 0 saturated heterocycles. The van der Waals surface area contributed by atoms with Crippen molar-refractivity contribution in [1.29, 1.82) is 0 Å². The standard InChI is InChI=1S/C14H9Br2N5O2S/c15-9-5-10(16)12(18-6-9)19-11(22)7-24-14-21-20-13(23-14)8-1-3-17-4-2-8/h1-6H,7H2,(H,18,19,22). The number of carbonyl (C=O) groups excluding carboxylic acids is 1. The zero-order chi connectivity index (χ0) is 16.9. The van der Waals surface area contributed by atoms with E-state index in [-0.39, 0.29) is 11.7 Å². The van der Waals surface area contributed by atoms with E-state index in [4.69, 9.17) is 4.42 Å². The van der Waals surface area contributed by atoms with Gasteiger partial charge in [-0.15, -0.1) is 10.2 Å². The number of halogens is 2. The molecule has 0 atom stereocenters. The fraction of sp³-hybridized carbons (Fsp3) is 0.0714. The molecule has 0 radical (unpaired) electrons. The Morgan fingerprint density at radius 3 is 2.79 bits per heavy atom. The van der Waals surface area contributed by atoms with Crippen molar-refractivity contribution in [3.05, 3.63) is 45.7 Å². The number of aromatic nitrogens is 4. The molecule has 10 heteroatoms. The molecule has 0 aromatic carbocycles. The van der Waals surface area contributed by atoms with Crippen LogP contribution in [0, 0.1) is 0 Å². The van der Waals surface area contributed by atoms with Crippen molar-refractivity contribution in [2.24, 2.45) is 0 Å². The van der Waals surface area contributed by atoms with Crippen LogP contribution in [0.4, 0.5) is 5.82 Å². The predicted octanol–water partition coefficient (Wildman–Crippen LogP) is 3.78. The van der Waals surface area contributed by atoms with Gasteiger partial charge in [0.15, 0.2) is 0 Å². The third kappa shape index (κ3) is 4.40. The summed E-state index contributed by atoms with van der Waals surface area (Å²) in [6, 6.07) is 5.34. The highest BCUT2D eigenvalue weighted by molar-refractivity contribution is 9.11. The minimum absolute atomic E-state index is 0.127. The third-order valence-electron chi connectivity index (χ3n) is 2.73. The summed E-state index contributed by atoms with van der Waals surface area (Å²) in [6.45, 7) is 0. The summed E-state index contributed by atoms with van der Waals surface area (Å²) < 4.78 is 7.02. The number of nitrogens with one attached hydrogen (secondary N) is 1. The van der Waals surface area contributed by atoms with E-state index in [9.17, 15) is 4.79 Å². The molecule has 0 spiro atoms. The maximum absolute atomic E-state index is 12.0. The Labute approximate surface area is 157 Å². The van der Waals surface area contributed by atoms with Gasteiger partial charge in [0, 0.05) is 28.6 Å². The van der Waals surface area contributed by atoms with Crippen LogP contribution in [-0.2, 0) is 4.79 Å². The van der Waals surface area contributed by atoms with Gasteiger partial charge in [0.05, 0.1) is 10.2 Å². The molecule has 0 fully saturated rings. The maximum Gasteiger partial charge on any atom is 0.277 e. The van der Waals surface area contributed by atoms with Gasteiger partial charge < -0.3 is 9.73 Å². The van der Waals surface area contributed by atoms with E-state index in [1.807, 2.05) is 0 Å². The average Bonchev–Trinajstić information content (AvgIpc) is 3.05. The number of hydrogen-bond acceptors (Lipinski definition) is 7. The zero-order valence-corrected chi connectivity index (χ0v) is 15.9. The monoisotopic (exact) mass is 469 g/mol. The zero-order valence-electron chi connectivity index (χ0n) is 11.9. The minimum Gasteiger partial charge on any atom is -0.411 e. The first kappa shape index (κ1) is 17.1. The number of anilines is 1. The fourth-order valence-corrected chi connectivity index (χ4v) is 3.33. The molecule has 24 heavy (non-hydrogen) atoms. The molecule has 0 aliphatic carbocycles. The molecule has 3 aromatic heterocycles. The lowest BCUT2D eigenvalue weighted by atomic mass is 10.3. The number of pyridine rings is 2. The first-order chi connectivity index (χ1) is 11.6. The van der Waals surface area contributed by atoms with Crippen molar-refractivity contribution in [2.45, 2.75) is 5.22 Å². The van der Waals surface area contributed by atoms with E-state index in [1.54, 1.807) is 36.8 Å². The van der Waals surface area contributed by atoms with Crippen LogP contribution >= 0.6 is 43.6 Å². The molecule has 0 saturated carbocycles. The summed E-state index contributed by atoms with van der Waals surface area (Å²) in [4.78, 5) is 20.1. The van der Waals surface area contributed by atoms with Crippen LogP contribution < -0.4 is 5.32 Å². The highest BCUT2D eigenvalue weighted by Gasteiger charge is 2.12. The first-order valence-corrected chi connectivity index (χ1v) is 9.16. The number of thioether (sulfide) groups is 1. The quantitative estimate of drug-likeness (QED) is 0.567. The molecule has 0 unspecified atom stereocenters. The molecule has 0 aliphatic heterocycles. The fourth-order valence-electron chi connectivity index (χ4n) is 1.68. The molecule has 7 nitrogen and oxygen atoms in total. The molecule has 1 amide bonds. The summed E-state index contributed by atoms with van der Waals surface area (Å²) in [5, 5.41) is 10.9. The Bertz CT molecular complexity index is 859. The third-order valence-corrected chi connectivity index (χ3v) is 4.58. The Balaban J connectivity index is 1.58. The van der Waals surface area contributed by atoms with Crippen molar-refractivity contribution in [3.8, 4) is 11.5 Å². The largest absolute Gasteiger partial charge is 0.411 e. The number of carbonyl (C=O) groups is 1. The summed E-state index contributed by atoms with van der Waals surface area (Å²) in [5.41, 5.74) is 0.775. The predicted molar refractivity (Wildman–Crippen MR) is 96.5 cm³/mol. The lowest BCUT2D eigenvalue weighted by Crippen LogP contribution is -2.15. The smallest absolute Gasteiger partial charge is 0.277 e. The van der Waals surface area contributed by atoms with E-state index in [0.29, 0.717) is 21.4 Å². The average molecular weight is 471 g/mol. The van der Waals surface area contributed by atoms with Crippen molar-refractivity contribution in [2.75, 3.05) is 11.1 Å². The molecule has 0 bridgehead atoms. The lowest BCUT2D eigenvalue weighted by Gasteiger charge is -2.05. The van der Waals surface area contributed by atoms with E-state index in [2.05, 4.69) is 57.3 Å². The van der Waals surface area contributed by atoms with Crippen LogP contribution in [0.25, 0.3) is 11.5 Å². The topological polar surface area (TPSA) is 93.8 Å². The molecule has 3 aromatic rings. The normalized spacial score (nSPS) is 10.6. The second kappa shape index (κ2) is 7.86. The molecular formula is C14H9Br2N5O2S. The Hall–Kier alpha value is -1.78. The SMILES string of the molecule is O=C(CSc1nnc(-c2ccncc2)o1)Nc1ncc(Br)cc1Br. The van der Waals surface area contributed by atoms with E-state index >= 15 is 0 Å². The van der Waals surface area contributed by atoms with E-state index < -0.39 is 0 Å². The summed E-state index contributed by atoms with van der Waals surface area (Å²) >= 11 is 7.80. The van der Waals surface area contributed by atoms with Gasteiger partial charge in [0.25, 0.3) is 5.22 Å². The van der Waals surface area contributed by atoms with Crippen LogP contribution in [0.2, 0.25) is 0 Å². The highest BCUT2D eigenvalue weighted by Crippen LogP contribution is 2.25. The first-order valence-electron chi connectivity index (χ1n) is 6.59. The second-order valence-electron chi connectivity index (χ2n) is 4.43.